The number of nitrogens with two attached hydrogens (primary N) is 1. The van der Waals surface area contributed by atoms with Crippen LogP contribution in [0.1, 0.15) is 0 Å². The molecular weight excluding hydrogens is 224 g/mol. The van der Waals surface area contributed by atoms with Crippen molar-refractivity contribution in [1.82, 2.24) is 4.98 Å². The Bertz CT molecular complexity index is 486. The average molecular weight is 229 g/mol. The van der Waals surface area contributed by atoms with E-state index >= 15 is 0 Å². The molecule has 2 aromatic rings. The van der Waals surface area contributed by atoms with E-state index in [1.807, 2.05) is 0 Å². The smallest absolute Gasteiger partial charge is 0.271 e. The van der Waals surface area contributed by atoms with Gasteiger partial charge in [-0.25, -0.2) is 0 Å². The van der Waals surface area contributed by atoms with Crippen LogP contribution in [-0.4, -0.2) is 4.98 Å². The summed E-state index contributed by atoms with van der Waals surface area (Å²) in [6, 6.07) is 1.67. The van der Waals surface area contributed by atoms with Crippen LogP contribution in [0.3, 0.4) is 0 Å². The van der Waals surface area contributed by atoms with Crippen LogP contribution in [0.5, 0.6) is 0 Å². The summed E-state index contributed by atoms with van der Waals surface area (Å²) in [7, 11) is 0. The molecule has 0 unspecified atom stereocenters. The molecule has 5 heteroatoms. The summed E-state index contributed by atoms with van der Waals surface area (Å²) in [5, 5.41) is 0.630. The highest BCUT2D eigenvalue weighted by molar-refractivity contribution is 9.10. The van der Waals surface area contributed by atoms with Crippen molar-refractivity contribution in [1.29, 1.82) is 0 Å². The van der Waals surface area contributed by atoms with Crippen molar-refractivity contribution in [3.05, 3.63) is 27.3 Å². The summed E-state index contributed by atoms with van der Waals surface area (Å²) in [5.41, 5.74) is 5.96. The molecular formula is C7H5BrN2O2. The number of fused-ring (bicyclic) bond motifs is 1. The molecule has 12 heavy (non-hydrogen) atoms. The fraction of sp³-hybridized carbons (Fsp3) is 0. The minimum absolute atomic E-state index is 0.182. The molecule has 3 N–H and O–H groups in total. The number of H-pyrrole nitrogens is 1. The second-order valence-corrected chi connectivity index (χ2v) is 3.14. The number of aromatic amines is 1. The van der Waals surface area contributed by atoms with Crippen LogP contribution in [0.2, 0.25) is 0 Å². The van der Waals surface area contributed by atoms with Crippen LogP contribution in [-0.2, 0) is 0 Å². The third kappa shape index (κ3) is 0.937. The first-order valence-corrected chi connectivity index (χ1v) is 4.04. The maximum Gasteiger partial charge on any atom is 0.271 e. The van der Waals surface area contributed by atoms with E-state index in [-0.39, 0.29) is 11.2 Å². The van der Waals surface area contributed by atoms with Gasteiger partial charge in [-0.3, -0.25) is 4.79 Å². The number of aromatic nitrogens is 1. The first-order valence-electron chi connectivity index (χ1n) is 3.24. The van der Waals surface area contributed by atoms with E-state index in [9.17, 15) is 4.79 Å². The molecule has 0 aromatic carbocycles. The predicted octanol–water partition coefficient (Wildman–Crippen LogP) is 1.47. The van der Waals surface area contributed by atoms with Crippen LogP contribution in [0.4, 0.5) is 5.69 Å². The van der Waals surface area contributed by atoms with E-state index in [1.165, 1.54) is 6.20 Å². The molecule has 0 saturated carbocycles. The standard InChI is InChI=1S/C7H5BrN2O2/c8-5-1-3-4(12-5)2-10-7(11)6(3)9/h1-2H,9H2,(H,10,11). The molecule has 4 nitrogen and oxygen atoms in total. The van der Waals surface area contributed by atoms with E-state index in [1.54, 1.807) is 6.07 Å². The van der Waals surface area contributed by atoms with Crippen molar-refractivity contribution >= 4 is 32.6 Å². The maximum atomic E-state index is 11.0. The van der Waals surface area contributed by atoms with Crippen molar-refractivity contribution in [2.45, 2.75) is 0 Å². The van der Waals surface area contributed by atoms with E-state index in [4.69, 9.17) is 10.2 Å². The number of furan rings is 1. The van der Waals surface area contributed by atoms with Crippen LogP contribution >= 0.6 is 15.9 Å². The number of hydrogen-bond donors (Lipinski definition) is 2. The molecule has 2 aromatic heterocycles. The Hall–Kier alpha value is -1.23. The Labute approximate surface area is 75.5 Å². The first-order chi connectivity index (χ1) is 5.68. The fourth-order valence-corrected chi connectivity index (χ4v) is 1.43. The van der Waals surface area contributed by atoms with Gasteiger partial charge in [0.25, 0.3) is 5.56 Å². The Morgan fingerprint density at radius 1 is 1.58 bits per heavy atom. The Balaban J connectivity index is 2.99. The summed E-state index contributed by atoms with van der Waals surface area (Å²) in [6.45, 7) is 0. The number of anilines is 1. The van der Waals surface area contributed by atoms with E-state index < -0.39 is 0 Å². The van der Waals surface area contributed by atoms with Gasteiger partial charge in [0.15, 0.2) is 10.3 Å². The van der Waals surface area contributed by atoms with Crippen molar-refractivity contribution in [2.75, 3.05) is 5.73 Å². The van der Waals surface area contributed by atoms with Gasteiger partial charge in [-0.1, -0.05) is 0 Å². The molecule has 0 aliphatic heterocycles. The summed E-state index contributed by atoms with van der Waals surface area (Å²) in [6.07, 6.45) is 1.48. The number of nitrogen functional groups attached to an aromatic ring is 1. The van der Waals surface area contributed by atoms with Crippen molar-refractivity contribution in [2.24, 2.45) is 0 Å². The summed E-state index contributed by atoms with van der Waals surface area (Å²) in [4.78, 5) is 13.5. The zero-order valence-electron chi connectivity index (χ0n) is 5.93. The predicted molar refractivity (Wildman–Crippen MR) is 48.9 cm³/mol. The van der Waals surface area contributed by atoms with Gasteiger partial charge in [0.1, 0.15) is 5.69 Å². The maximum absolute atomic E-state index is 11.0. The largest absolute Gasteiger partial charge is 0.448 e. The lowest BCUT2D eigenvalue weighted by atomic mass is 10.3. The molecule has 0 saturated heterocycles. The molecule has 2 rings (SSSR count). The number of rotatable bonds is 0. The topological polar surface area (TPSA) is 72.0 Å². The second kappa shape index (κ2) is 2.38. The Morgan fingerprint density at radius 3 is 3.08 bits per heavy atom. The zero-order valence-corrected chi connectivity index (χ0v) is 7.51. The third-order valence-corrected chi connectivity index (χ3v) is 1.99. The van der Waals surface area contributed by atoms with Gasteiger partial charge < -0.3 is 15.1 Å². The lowest BCUT2D eigenvalue weighted by molar-refractivity contribution is 0.586. The first kappa shape index (κ1) is 7.42. The molecule has 0 amide bonds. The van der Waals surface area contributed by atoms with Gasteiger partial charge in [0, 0.05) is 12.3 Å². The van der Waals surface area contributed by atoms with Crippen LogP contribution < -0.4 is 11.3 Å². The summed E-state index contributed by atoms with van der Waals surface area (Å²) >= 11 is 3.15. The van der Waals surface area contributed by atoms with Crippen LogP contribution in [0.25, 0.3) is 11.0 Å². The van der Waals surface area contributed by atoms with Crippen molar-refractivity contribution < 1.29 is 4.42 Å². The molecule has 0 aliphatic carbocycles. The lowest BCUT2D eigenvalue weighted by Crippen LogP contribution is -2.10. The molecule has 0 bridgehead atoms. The van der Waals surface area contributed by atoms with E-state index in [0.717, 1.165) is 0 Å². The third-order valence-electron chi connectivity index (χ3n) is 1.60. The fourth-order valence-electron chi connectivity index (χ4n) is 1.02. The van der Waals surface area contributed by atoms with Crippen molar-refractivity contribution in [3.63, 3.8) is 0 Å². The number of halogens is 1. The van der Waals surface area contributed by atoms with Gasteiger partial charge in [0.2, 0.25) is 0 Å². The minimum Gasteiger partial charge on any atom is -0.448 e. The van der Waals surface area contributed by atoms with Gasteiger partial charge >= 0.3 is 0 Å². The van der Waals surface area contributed by atoms with Gasteiger partial charge in [-0.2, -0.15) is 0 Å². The number of hydrogen-bond acceptors (Lipinski definition) is 3. The SMILES string of the molecule is Nc1c(=O)[nH]cc2oc(Br)cc12. The second-order valence-electron chi connectivity index (χ2n) is 2.36. The van der Waals surface area contributed by atoms with Gasteiger partial charge in [0.05, 0.1) is 5.39 Å². The zero-order chi connectivity index (χ0) is 8.72. The monoisotopic (exact) mass is 228 g/mol. The lowest BCUT2D eigenvalue weighted by Gasteiger charge is -1.90. The Kier molecular flexibility index (Phi) is 1.47. The molecule has 2 heterocycles. The van der Waals surface area contributed by atoms with Crippen LogP contribution in [0.15, 0.2) is 26.1 Å². The quantitative estimate of drug-likeness (QED) is 0.718. The summed E-state index contributed by atoms with van der Waals surface area (Å²) in [5.74, 6) is 0. The molecule has 62 valence electrons. The molecule has 0 radical (unpaired) electrons. The Morgan fingerprint density at radius 2 is 2.33 bits per heavy atom. The highest BCUT2D eigenvalue weighted by atomic mass is 79.9. The van der Waals surface area contributed by atoms with Crippen LogP contribution in [0, 0.1) is 0 Å². The van der Waals surface area contributed by atoms with Gasteiger partial charge in [-0.15, -0.1) is 0 Å². The normalized spacial score (nSPS) is 10.8. The van der Waals surface area contributed by atoms with E-state index in [0.29, 0.717) is 15.6 Å². The number of pyridine rings is 1. The minimum atomic E-state index is -0.296. The van der Waals surface area contributed by atoms with E-state index in [2.05, 4.69) is 20.9 Å². The molecule has 0 aliphatic rings. The van der Waals surface area contributed by atoms with Crippen molar-refractivity contribution in [3.8, 4) is 0 Å². The highest BCUT2D eigenvalue weighted by Gasteiger charge is 2.06. The molecule has 0 atom stereocenters. The molecule has 0 spiro atoms. The van der Waals surface area contributed by atoms with Gasteiger partial charge in [-0.05, 0) is 15.9 Å². The molecule has 0 fully saturated rings. The number of nitrogens with one attached hydrogen (secondary N) is 1. The summed E-state index contributed by atoms with van der Waals surface area (Å²) < 4.78 is 5.73. The average Bonchev–Trinajstić information content (AvgIpc) is 2.39. The highest BCUT2D eigenvalue weighted by Crippen LogP contribution is 2.24.